The van der Waals surface area contributed by atoms with Crippen LogP contribution in [0.25, 0.3) is 0 Å². The van der Waals surface area contributed by atoms with Crippen molar-refractivity contribution in [1.29, 1.82) is 0 Å². The maximum Gasteiger partial charge on any atom is 0.332 e. The summed E-state index contributed by atoms with van der Waals surface area (Å²) in [6.07, 6.45) is 0. The summed E-state index contributed by atoms with van der Waals surface area (Å²) >= 11 is 0. The monoisotopic (exact) mass is 199 g/mol. The third-order valence-electron chi connectivity index (χ3n) is 1.58. The van der Waals surface area contributed by atoms with Gasteiger partial charge in [0.1, 0.15) is 6.54 Å². The molecule has 0 aromatic heterocycles. The highest BCUT2D eigenvalue weighted by Crippen LogP contribution is 1.99. The molecule has 14 heavy (non-hydrogen) atoms. The third-order valence-corrected chi connectivity index (χ3v) is 1.58. The van der Waals surface area contributed by atoms with Gasteiger partial charge in [0.2, 0.25) is 5.91 Å². The number of urea groups is 1. The molecule has 1 saturated heterocycles. The summed E-state index contributed by atoms with van der Waals surface area (Å²) in [5, 5.41) is 4.19. The molecule has 0 aliphatic carbocycles. The molecule has 1 fully saturated rings. The fourth-order valence-corrected chi connectivity index (χ4v) is 0.973. The van der Waals surface area contributed by atoms with Gasteiger partial charge in [-0.2, -0.15) is 0 Å². The summed E-state index contributed by atoms with van der Waals surface area (Å²) in [5.74, 6) is -2.48. The molecule has 7 nitrogen and oxygen atoms in total. The van der Waals surface area contributed by atoms with Gasteiger partial charge in [-0.25, -0.2) is 9.69 Å². The van der Waals surface area contributed by atoms with Crippen LogP contribution in [0.4, 0.5) is 4.79 Å². The van der Waals surface area contributed by atoms with E-state index in [1.54, 1.807) is 12.2 Å². The number of nitrogens with zero attached hydrogens (tertiary/aromatic N) is 1. The lowest BCUT2D eigenvalue weighted by Crippen LogP contribution is -2.40. The first-order valence-corrected chi connectivity index (χ1v) is 3.99. The highest BCUT2D eigenvalue weighted by atomic mass is 16.2. The lowest BCUT2D eigenvalue weighted by molar-refractivity contribution is -0.141. The van der Waals surface area contributed by atoms with Crippen LogP contribution in [-0.4, -0.2) is 41.7 Å². The zero-order chi connectivity index (χ0) is 10.7. The molecular formula is C7H9N3O4. The average Bonchev–Trinajstić information content (AvgIpc) is 2.33. The van der Waals surface area contributed by atoms with Gasteiger partial charge < -0.3 is 5.32 Å². The highest BCUT2D eigenvalue weighted by molar-refractivity contribution is 6.45. The summed E-state index contributed by atoms with van der Waals surface area (Å²) in [6.45, 7) is 1.68. The van der Waals surface area contributed by atoms with Gasteiger partial charge in [0.15, 0.2) is 0 Å². The van der Waals surface area contributed by atoms with Gasteiger partial charge in [-0.15, -0.1) is 0 Å². The Labute approximate surface area is 79.4 Å². The summed E-state index contributed by atoms with van der Waals surface area (Å²) in [7, 11) is 0. The smallest absolute Gasteiger partial charge is 0.332 e. The van der Waals surface area contributed by atoms with E-state index in [0.717, 1.165) is 0 Å². The Bertz CT molecular complexity index is 312. The standard InChI is InChI=1S/C7H9N3O4/c1-2-8-4(11)3-10-6(13)5(12)9-7(10)14/h2-3H2,1H3,(H,8,11)(H,9,12,14). The van der Waals surface area contributed by atoms with Crippen molar-refractivity contribution in [3.8, 4) is 0 Å². The largest absolute Gasteiger partial charge is 0.355 e. The van der Waals surface area contributed by atoms with Crippen LogP contribution in [0.3, 0.4) is 0 Å². The van der Waals surface area contributed by atoms with Gasteiger partial charge in [0.05, 0.1) is 0 Å². The molecule has 0 spiro atoms. The lowest BCUT2D eigenvalue weighted by atomic mass is 10.4. The van der Waals surface area contributed by atoms with E-state index in [9.17, 15) is 19.2 Å². The van der Waals surface area contributed by atoms with Gasteiger partial charge in [-0.05, 0) is 6.92 Å². The lowest BCUT2D eigenvalue weighted by Gasteiger charge is -2.09. The predicted octanol–water partition coefficient (Wildman–Crippen LogP) is -1.80. The Balaban J connectivity index is 2.60. The number of hydrogen-bond acceptors (Lipinski definition) is 4. The molecule has 5 amide bonds. The van der Waals surface area contributed by atoms with Crippen LogP contribution < -0.4 is 10.6 Å². The topological polar surface area (TPSA) is 95.6 Å². The number of hydrogen-bond donors (Lipinski definition) is 2. The Kier molecular flexibility index (Phi) is 2.80. The minimum atomic E-state index is -1.00. The summed E-state index contributed by atoms with van der Waals surface area (Å²) < 4.78 is 0. The second-order valence-corrected chi connectivity index (χ2v) is 2.60. The zero-order valence-corrected chi connectivity index (χ0v) is 7.49. The van der Waals surface area contributed by atoms with Crippen LogP contribution in [0, 0.1) is 0 Å². The molecule has 1 aliphatic rings. The molecule has 1 heterocycles. The number of carbonyl (C=O) groups is 4. The fraction of sp³-hybridized carbons (Fsp3) is 0.429. The van der Waals surface area contributed by atoms with Crippen LogP contribution in [0.2, 0.25) is 0 Å². The van der Waals surface area contributed by atoms with E-state index in [1.165, 1.54) is 0 Å². The van der Waals surface area contributed by atoms with Crippen molar-refractivity contribution in [2.45, 2.75) is 6.92 Å². The summed E-state index contributed by atoms with van der Waals surface area (Å²) in [5.41, 5.74) is 0. The predicted molar refractivity (Wildman–Crippen MR) is 43.9 cm³/mol. The van der Waals surface area contributed by atoms with Crippen molar-refractivity contribution < 1.29 is 19.2 Å². The van der Waals surface area contributed by atoms with Gasteiger partial charge >= 0.3 is 17.8 Å². The normalized spacial score (nSPS) is 15.8. The minimum absolute atomic E-state index is 0.399. The molecular weight excluding hydrogens is 190 g/mol. The maximum absolute atomic E-state index is 11.0. The quantitative estimate of drug-likeness (QED) is 0.414. The third kappa shape index (κ3) is 1.87. The number of likely N-dealkylation sites (N-methyl/N-ethyl adjacent to an activating group) is 1. The van der Waals surface area contributed by atoms with E-state index in [0.29, 0.717) is 11.4 Å². The first-order valence-electron chi connectivity index (χ1n) is 3.99. The molecule has 1 rings (SSSR count). The van der Waals surface area contributed by atoms with Gasteiger partial charge in [0, 0.05) is 6.54 Å². The fourth-order valence-electron chi connectivity index (χ4n) is 0.973. The number of imide groups is 2. The number of nitrogens with one attached hydrogen (secondary N) is 2. The second kappa shape index (κ2) is 3.86. The molecule has 0 unspecified atom stereocenters. The number of amides is 5. The number of carbonyl (C=O) groups excluding carboxylic acids is 4. The van der Waals surface area contributed by atoms with Crippen LogP contribution in [0.5, 0.6) is 0 Å². The van der Waals surface area contributed by atoms with E-state index in [1.807, 2.05) is 0 Å². The van der Waals surface area contributed by atoms with Gasteiger partial charge in [-0.3, -0.25) is 19.7 Å². The van der Waals surface area contributed by atoms with Crippen LogP contribution in [0.1, 0.15) is 6.92 Å². The zero-order valence-electron chi connectivity index (χ0n) is 7.49. The molecule has 0 bridgehead atoms. The van der Waals surface area contributed by atoms with Gasteiger partial charge in [0.25, 0.3) is 0 Å². The van der Waals surface area contributed by atoms with Crippen LogP contribution >= 0.6 is 0 Å². The second-order valence-electron chi connectivity index (χ2n) is 2.60. The molecule has 0 atom stereocenters. The van der Waals surface area contributed by atoms with Crippen molar-refractivity contribution in [2.24, 2.45) is 0 Å². The summed E-state index contributed by atoms with van der Waals surface area (Å²) in [4.78, 5) is 44.1. The Hall–Kier alpha value is -1.92. The van der Waals surface area contributed by atoms with E-state index < -0.39 is 30.3 Å². The first-order chi connectivity index (χ1) is 6.56. The molecule has 0 aromatic carbocycles. The van der Waals surface area contributed by atoms with E-state index in [4.69, 9.17) is 0 Å². The van der Waals surface area contributed by atoms with Crippen LogP contribution in [0.15, 0.2) is 0 Å². The molecule has 7 heteroatoms. The van der Waals surface area contributed by atoms with E-state index in [2.05, 4.69) is 5.32 Å². The molecule has 0 radical (unpaired) electrons. The highest BCUT2D eigenvalue weighted by Gasteiger charge is 2.37. The molecule has 0 aromatic rings. The Morgan fingerprint density at radius 3 is 2.50 bits per heavy atom. The Morgan fingerprint density at radius 1 is 1.43 bits per heavy atom. The molecule has 76 valence electrons. The molecule has 0 saturated carbocycles. The number of rotatable bonds is 3. The van der Waals surface area contributed by atoms with Crippen molar-refractivity contribution in [2.75, 3.05) is 13.1 Å². The minimum Gasteiger partial charge on any atom is -0.355 e. The van der Waals surface area contributed by atoms with Crippen LogP contribution in [-0.2, 0) is 14.4 Å². The van der Waals surface area contributed by atoms with E-state index >= 15 is 0 Å². The van der Waals surface area contributed by atoms with Gasteiger partial charge in [-0.1, -0.05) is 0 Å². The molecule has 2 N–H and O–H groups in total. The van der Waals surface area contributed by atoms with Crippen molar-refractivity contribution in [3.05, 3.63) is 0 Å². The van der Waals surface area contributed by atoms with E-state index in [-0.39, 0.29) is 0 Å². The van der Waals surface area contributed by atoms with Crippen molar-refractivity contribution in [1.82, 2.24) is 15.5 Å². The first kappa shape index (κ1) is 10.2. The summed E-state index contributed by atoms with van der Waals surface area (Å²) in [6, 6.07) is -0.855. The van der Waals surface area contributed by atoms with Crippen molar-refractivity contribution in [3.63, 3.8) is 0 Å². The average molecular weight is 199 g/mol. The molecule has 1 aliphatic heterocycles. The Morgan fingerprint density at radius 2 is 2.07 bits per heavy atom. The van der Waals surface area contributed by atoms with Crippen molar-refractivity contribution >= 4 is 23.8 Å². The maximum atomic E-state index is 11.0. The SMILES string of the molecule is CCNC(=O)CN1C(=O)NC(=O)C1=O.